The van der Waals surface area contributed by atoms with E-state index in [9.17, 15) is 14.3 Å². The molecule has 1 fully saturated rings. The first-order chi connectivity index (χ1) is 14.5. The Morgan fingerprint density at radius 3 is 2.53 bits per heavy atom. The summed E-state index contributed by atoms with van der Waals surface area (Å²) in [4.78, 5) is 14.4. The molecule has 2 aromatic rings. The molecule has 0 radical (unpaired) electrons. The van der Waals surface area contributed by atoms with Gasteiger partial charge in [0.25, 0.3) is 5.91 Å². The van der Waals surface area contributed by atoms with Crippen molar-refractivity contribution >= 4 is 5.91 Å². The molecule has 4 rings (SSSR count). The van der Waals surface area contributed by atoms with Gasteiger partial charge in [-0.2, -0.15) is 0 Å². The fourth-order valence-electron chi connectivity index (χ4n) is 4.38. The van der Waals surface area contributed by atoms with Crippen molar-refractivity contribution in [2.24, 2.45) is 11.8 Å². The molecule has 2 aromatic carbocycles. The van der Waals surface area contributed by atoms with Gasteiger partial charge in [0.2, 0.25) is 0 Å². The standard InChI is InChI=1S/C24H25F2NO3/c1-15(18-9-7-16(13-28)8-10-18)27-12-19-11-20(25)23(22(26)21(19)24(27)29)30-14-17-5-3-2-4-6-17/h2-6,11,16,18,28H,1,7-10,12-14H2. The summed E-state index contributed by atoms with van der Waals surface area (Å²) >= 11 is 0. The maximum absolute atomic E-state index is 15.1. The van der Waals surface area contributed by atoms with Gasteiger partial charge in [-0.3, -0.25) is 4.79 Å². The summed E-state index contributed by atoms with van der Waals surface area (Å²) in [5, 5.41) is 9.31. The normalized spacial score (nSPS) is 20.9. The Labute approximate surface area is 174 Å². The number of carbonyl (C=O) groups excluding carboxylic acids is 1. The molecule has 0 aromatic heterocycles. The van der Waals surface area contributed by atoms with E-state index in [2.05, 4.69) is 6.58 Å². The molecule has 2 aliphatic rings. The van der Waals surface area contributed by atoms with Crippen molar-refractivity contribution in [1.29, 1.82) is 0 Å². The zero-order valence-electron chi connectivity index (χ0n) is 16.7. The maximum atomic E-state index is 15.1. The van der Waals surface area contributed by atoms with Crippen LogP contribution in [0.3, 0.4) is 0 Å². The molecule has 0 atom stereocenters. The summed E-state index contributed by atoms with van der Waals surface area (Å²) in [6.07, 6.45) is 3.39. The van der Waals surface area contributed by atoms with Crippen LogP contribution in [0.4, 0.5) is 8.78 Å². The van der Waals surface area contributed by atoms with Gasteiger partial charge in [-0.05, 0) is 54.7 Å². The van der Waals surface area contributed by atoms with Gasteiger partial charge in [-0.25, -0.2) is 8.78 Å². The molecule has 4 nitrogen and oxygen atoms in total. The lowest BCUT2D eigenvalue weighted by molar-refractivity contribution is 0.0792. The number of benzene rings is 2. The largest absolute Gasteiger partial charge is 0.483 e. The van der Waals surface area contributed by atoms with Gasteiger partial charge in [0.1, 0.15) is 6.61 Å². The van der Waals surface area contributed by atoms with Crippen LogP contribution in [0.1, 0.15) is 47.2 Å². The van der Waals surface area contributed by atoms with Crippen LogP contribution in [0.25, 0.3) is 0 Å². The summed E-state index contributed by atoms with van der Waals surface area (Å²) < 4.78 is 35.0. The number of nitrogens with zero attached hydrogens (tertiary/aromatic N) is 1. The Hall–Kier alpha value is -2.73. The van der Waals surface area contributed by atoms with E-state index in [-0.39, 0.29) is 37.2 Å². The molecule has 0 unspecified atom stereocenters. The number of aliphatic hydroxyl groups is 1. The number of hydrogen-bond acceptors (Lipinski definition) is 3. The quantitative estimate of drug-likeness (QED) is 0.739. The van der Waals surface area contributed by atoms with Crippen molar-refractivity contribution in [3.8, 4) is 5.75 Å². The molecule has 1 heterocycles. The number of rotatable bonds is 6. The van der Waals surface area contributed by atoms with Crippen LogP contribution < -0.4 is 4.74 Å². The van der Waals surface area contributed by atoms with Gasteiger partial charge in [-0.1, -0.05) is 36.9 Å². The zero-order chi connectivity index (χ0) is 21.3. The van der Waals surface area contributed by atoms with Gasteiger partial charge in [0.15, 0.2) is 17.4 Å². The van der Waals surface area contributed by atoms with Crippen LogP contribution in [0.15, 0.2) is 48.7 Å². The lowest BCUT2D eigenvalue weighted by atomic mass is 9.81. The topological polar surface area (TPSA) is 49.8 Å². The number of ether oxygens (including phenoxy) is 1. The molecule has 6 heteroatoms. The van der Waals surface area contributed by atoms with E-state index in [0.29, 0.717) is 11.3 Å². The molecule has 1 N–H and O–H groups in total. The molecular weight excluding hydrogens is 388 g/mol. The van der Waals surface area contributed by atoms with Crippen LogP contribution in [0, 0.1) is 23.5 Å². The number of halogens is 2. The second-order valence-electron chi connectivity index (χ2n) is 8.09. The minimum absolute atomic E-state index is 0.00613. The lowest BCUT2D eigenvalue weighted by Crippen LogP contribution is -2.30. The molecule has 1 saturated carbocycles. The highest BCUT2D eigenvalue weighted by molar-refractivity contribution is 6.00. The van der Waals surface area contributed by atoms with Crippen LogP contribution in [-0.2, 0) is 13.2 Å². The number of aliphatic hydroxyl groups excluding tert-OH is 1. The molecule has 1 amide bonds. The van der Waals surface area contributed by atoms with E-state index in [0.717, 1.165) is 31.2 Å². The Bertz CT molecular complexity index is 953. The van der Waals surface area contributed by atoms with E-state index < -0.39 is 23.3 Å². The van der Waals surface area contributed by atoms with E-state index in [1.165, 1.54) is 11.0 Å². The maximum Gasteiger partial charge on any atom is 0.261 e. The fraction of sp³-hybridized carbons (Fsp3) is 0.375. The van der Waals surface area contributed by atoms with Crippen LogP contribution >= 0.6 is 0 Å². The third-order valence-electron chi connectivity index (χ3n) is 6.19. The van der Waals surface area contributed by atoms with Crippen molar-refractivity contribution in [2.45, 2.75) is 38.8 Å². The van der Waals surface area contributed by atoms with Crippen molar-refractivity contribution in [3.05, 3.63) is 77.0 Å². The summed E-state index contributed by atoms with van der Waals surface area (Å²) in [6, 6.07) is 10.3. The van der Waals surface area contributed by atoms with Crippen molar-refractivity contribution in [2.75, 3.05) is 6.61 Å². The lowest BCUT2D eigenvalue weighted by Gasteiger charge is -2.32. The molecule has 0 saturated heterocycles. The van der Waals surface area contributed by atoms with Gasteiger partial charge in [0.05, 0.1) is 12.1 Å². The number of carbonyl (C=O) groups is 1. The predicted molar refractivity (Wildman–Crippen MR) is 109 cm³/mol. The average Bonchev–Trinajstić information content (AvgIpc) is 3.10. The second kappa shape index (κ2) is 8.56. The Morgan fingerprint density at radius 2 is 1.87 bits per heavy atom. The van der Waals surface area contributed by atoms with E-state index in [4.69, 9.17) is 4.74 Å². The molecule has 0 bridgehead atoms. The first-order valence-electron chi connectivity index (χ1n) is 10.3. The fourth-order valence-corrected chi connectivity index (χ4v) is 4.38. The number of allylic oxidation sites excluding steroid dienone is 1. The monoisotopic (exact) mass is 413 g/mol. The van der Waals surface area contributed by atoms with Crippen molar-refractivity contribution in [3.63, 3.8) is 0 Å². The highest BCUT2D eigenvalue weighted by atomic mass is 19.1. The smallest absolute Gasteiger partial charge is 0.261 e. The zero-order valence-corrected chi connectivity index (χ0v) is 16.7. The molecule has 1 aliphatic carbocycles. The summed E-state index contributed by atoms with van der Waals surface area (Å²) in [7, 11) is 0. The molecule has 1 aliphatic heterocycles. The van der Waals surface area contributed by atoms with E-state index in [1.807, 2.05) is 18.2 Å². The average molecular weight is 413 g/mol. The minimum atomic E-state index is -0.954. The Kier molecular flexibility index (Phi) is 5.86. The molecule has 30 heavy (non-hydrogen) atoms. The van der Waals surface area contributed by atoms with E-state index in [1.54, 1.807) is 12.1 Å². The van der Waals surface area contributed by atoms with Crippen LogP contribution in [0.5, 0.6) is 5.75 Å². The summed E-state index contributed by atoms with van der Waals surface area (Å²) in [6.45, 7) is 4.38. The van der Waals surface area contributed by atoms with Gasteiger partial charge in [-0.15, -0.1) is 0 Å². The van der Waals surface area contributed by atoms with Crippen molar-refractivity contribution < 1.29 is 23.4 Å². The van der Waals surface area contributed by atoms with Crippen LogP contribution in [-0.4, -0.2) is 22.5 Å². The Morgan fingerprint density at radius 1 is 1.17 bits per heavy atom. The number of fused-ring (bicyclic) bond motifs is 1. The number of amides is 1. The third kappa shape index (κ3) is 3.84. The van der Waals surface area contributed by atoms with Gasteiger partial charge in [0, 0.05) is 12.3 Å². The predicted octanol–water partition coefficient (Wildman–Crippen LogP) is 4.81. The first kappa shape index (κ1) is 20.5. The third-order valence-corrected chi connectivity index (χ3v) is 6.19. The van der Waals surface area contributed by atoms with Crippen LogP contribution in [0.2, 0.25) is 0 Å². The van der Waals surface area contributed by atoms with E-state index >= 15 is 4.39 Å². The SMILES string of the molecule is C=C(C1CCC(CO)CC1)N1Cc2cc(F)c(OCc3ccccc3)c(F)c2C1=O. The summed E-state index contributed by atoms with van der Waals surface area (Å²) in [5.41, 5.74) is 1.59. The highest BCUT2D eigenvalue weighted by Crippen LogP contribution is 2.39. The summed E-state index contributed by atoms with van der Waals surface area (Å²) in [5.74, 6) is -2.40. The van der Waals surface area contributed by atoms with Gasteiger partial charge < -0.3 is 14.7 Å². The second-order valence-corrected chi connectivity index (χ2v) is 8.09. The minimum Gasteiger partial charge on any atom is -0.483 e. The van der Waals surface area contributed by atoms with Crippen molar-refractivity contribution in [1.82, 2.24) is 4.90 Å². The molecule has 158 valence electrons. The van der Waals surface area contributed by atoms with Gasteiger partial charge >= 0.3 is 0 Å². The highest BCUT2D eigenvalue weighted by Gasteiger charge is 2.37. The first-order valence-corrected chi connectivity index (χ1v) is 10.3. The number of hydrogen-bond donors (Lipinski definition) is 1. The molecule has 0 spiro atoms. The Balaban J connectivity index is 1.51. The molecular formula is C24H25F2NO3.